The lowest BCUT2D eigenvalue weighted by atomic mass is 10.3. The van der Waals surface area contributed by atoms with E-state index in [0.29, 0.717) is 6.54 Å². The predicted octanol–water partition coefficient (Wildman–Crippen LogP) is 1.72. The lowest BCUT2D eigenvalue weighted by Gasteiger charge is -2.14. The van der Waals surface area contributed by atoms with E-state index in [1.165, 1.54) is 4.57 Å². The van der Waals surface area contributed by atoms with Crippen LogP contribution in [0.25, 0.3) is 0 Å². The molecule has 0 atom stereocenters. The molecule has 0 saturated heterocycles. The van der Waals surface area contributed by atoms with Crippen LogP contribution in [0.5, 0.6) is 0 Å². The molecule has 1 saturated carbocycles. The third kappa shape index (κ3) is 2.35. The lowest BCUT2D eigenvalue weighted by Crippen LogP contribution is -2.43. The molecule has 0 radical (unpaired) electrons. The Balaban J connectivity index is 1.95. The summed E-state index contributed by atoms with van der Waals surface area (Å²) >= 11 is 3.26. The van der Waals surface area contributed by atoms with E-state index in [0.717, 1.165) is 23.0 Å². The molecular weight excluding hydrogens is 322 g/mol. The first-order valence-electron chi connectivity index (χ1n) is 6.43. The minimum Gasteiger partial charge on any atom is -0.305 e. The van der Waals surface area contributed by atoms with Crippen LogP contribution in [-0.4, -0.2) is 14.1 Å². The Morgan fingerprint density at radius 1 is 1.25 bits per heavy atom. The summed E-state index contributed by atoms with van der Waals surface area (Å²) in [5, 5.41) is 0. The van der Waals surface area contributed by atoms with Crippen molar-refractivity contribution in [2.75, 3.05) is 0 Å². The Labute approximate surface area is 124 Å². The van der Waals surface area contributed by atoms with Crippen molar-refractivity contribution in [3.63, 3.8) is 0 Å². The average Bonchev–Trinajstić information content (AvgIpc) is 3.16. The van der Waals surface area contributed by atoms with E-state index in [9.17, 15) is 9.59 Å². The molecule has 0 bridgehead atoms. The third-order valence-electron chi connectivity index (χ3n) is 3.76. The summed E-state index contributed by atoms with van der Waals surface area (Å²) < 4.78 is 3.73. The van der Waals surface area contributed by atoms with Gasteiger partial charge in [0.1, 0.15) is 4.60 Å². The smallest absolute Gasteiger partial charge is 0.305 e. The maximum absolute atomic E-state index is 12.1. The molecule has 0 spiro atoms. The molecule has 0 unspecified atom stereocenters. The maximum atomic E-state index is 12.1. The van der Waals surface area contributed by atoms with Gasteiger partial charge in [-0.1, -0.05) is 6.07 Å². The molecule has 2 heterocycles. The Kier molecular flexibility index (Phi) is 3.12. The number of rotatable bonds is 3. The number of hydrogen-bond donors (Lipinski definition) is 0. The van der Waals surface area contributed by atoms with Gasteiger partial charge in [-0.25, -0.2) is 4.98 Å². The summed E-state index contributed by atoms with van der Waals surface area (Å²) in [4.78, 5) is 28.4. The first kappa shape index (κ1) is 13.3. The number of aromatic nitrogens is 3. The van der Waals surface area contributed by atoms with Crippen molar-refractivity contribution in [2.45, 2.75) is 31.8 Å². The van der Waals surface area contributed by atoms with Gasteiger partial charge in [0.15, 0.2) is 0 Å². The van der Waals surface area contributed by atoms with Crippen molar-refractivity contribution in [2.24, 2.45) is 0 Å². The Bertz CT molecular complexity index is 757. The Hall–Kier alpha value is -1.69. The fourth-order valence-electron chi connectivity index (χ4n) is 2.18. The normalized spacial score (nSPS) is 16.1. The van der Waals surface area contributed by atoms with Gasteiger partial charge in [0.25, 0.3) is 0 Å². The number of pyridine rings is 1. The fourth-order valence-corrected chi connectivity index (χ4v) is 2.41. The molecule has 6 heteroatoms. The quantitative estimate of drug-likeness (QED) is 0.634. The summed E-state index contributed by atoms with van der Waals surface area (Å²) in [6.07, 6.45) is 6.97. The van der Waals surface area contributed by atoms with E-state index in [1.54, 1.807) is 23.2 Å². The summed E-state index contributed by atoms with van der Waals surface area (Å²) in [6, 6.07) is 3.68. The molecule has 0 amide bonds. The van der Waals surface area contributed by atoms with Gasteiger partial charge in [0.2, 0.25) is 0 Å². The van der Waals surface area contributed by atoms with Gasteiger partial charge in [-0.15, -0.1) is 0 Å². The first-order valence-corrected chi connectivity index (χ1v) is 7.22. The molecule has 1 aliphatic rings. The largest absolute Gasteiger partial charge is 0.316 e. The highest BCUT2D eigenvalue weighted by Crippen LogP contribution is 2.41. The zero-order valence-corrected chi connectivity index (χ0v) is 12.6. The van der Waals surface area contributed by atoms with Gasteiger partial charge in [-0.05, 0) is 47.3 Å². The van der Waals surface area contributed by atoms with Crippen LogP contribution >= 0.6 is 15.9 Å². The van der Waals surface area contributed by atoms with Gasteiger partial charge < -0.3 is 9.13 Å². The van der Waals surface area contributed by atoms with Crippen molar-refractivity contribution in [3.8, 4) is 0 Å². The SMILES string of the molecule is CC1(n2ccn(Cc3ccc(Br)nc3)c(=O)c2=O)CC1. The highest BCUT2D eigenvalue weighted by molar-refractivity contribution is 9.10. The third-order valence-corrected chi connectivity index (χ3v) is 4.22. The van der Waals surface area contributed by atoms with E-state index in [4.69, 9.17) is 0 Å². The number of hydrogen-bond acceptors (Lipinski definition) is 3. The van der Waals surface area contributed by atoms with Crippen molar-refractivity contribution in [1.82, 2.24) is 14.1 Å². The summed E-state index contributed by atoms with van der Waals surface area (Å²) in [6.45, 7) is 2.35. The molecule has 3 rings (SSSR count). The molecule has 1 fully saturated rings. The zero-order valence-electron chi connectivity index (χ0n) is 11.0. The van der Waals surface area contributed by atoms with Crippen LogP contribution in [0.15, 0.2) is 44.9 Å². The number of halogens is 1. The summed E-state index contributed by atoms with van der Waals surface area (Å²) in [5.74, 6) is 0. The van der Waals surface area contributed by atoms with Crippen LogP contribution in [0, 0.1) is 0 Å². The second-order valence-corrected chi connectivity index (χ2v) is 6.20. The maximum Gasteiger partial charge on any atom is 0.316 e. The van der Waals surface area contributed by atoms with Gasteiger partial charge in [0, 0.05) is 24.1 Å². The van der Waals surface area contributed by atoms with Crippen molar-refractivity contribution >= 4 is 15.9 Å². The van der Waals surface area contributed by atoms with E-state index >= 15 is 0 Å². The van der Waals surface area contributed by atoms with Crippen LogP contribution in [0.2, 0.25) is 0 Å². The highest BCUT2D eigenvalue weighted by atomic mass is 79.9. The lowest BCUT2D eigenvalue weighted by molar-refractivity contribution is 0.496. The Morgan fingerprint density at radius 3 is 2.60 bits per heavy atom. The summed E-state index contributed by atoms with van der Waals surface area (Å²) in [5.41, 5.74) is -0.208. The van der Waals surface area contributed by atoms with Crippen molar-refractivity contribution < 1.29 is 0 Å². The number of nitrogens with zero attached hydrogens (tertiary/aromatic N) is 3. The second kappa shape index (κ2) is 4.70. The molecule has 0 aromatic carbocycles. The van der Waals surface area contributed by atoms with E-state index in [2.05, 4.69) is 20.9 Å². The molecule has 2 aromatic rings. The molecule has 1 aliphatic carbocycles. The predicted molar refractivity (Wildman–Crippen MR) is 78.9 cm³/mol. The minimum absolute atomic E-state index is 0.158. The van der Waals surface area contributed by atoms with E-state index < -0.39 is 11.1 Å². The average molecular weight is 336 g/mol. The first-order chi connectivity index (χ1) is 9.49. The van der Waals surface area contributed by atoms with Crippen LogP contribution in [0.3, 0.4) is 0 Å². The van der Waals surface area contributed by atoms with E-state index in [-0.39, 0.29) is 5.54 Å². The minimum atomic E-state index is -0.483. The highest BCUT2D eigenvalue weighted by Gasteiger charge is 2.40. The fraction of sp³-hybridized carbons (Fsp3) is 0.357. The Morgan fingerprint density at radius 2 is 2.00 bits per heavy atom. The van der Waals surface area contributed by atoms with Gasteiger partial charge in [-0.3, -0.25) is 9.59 Å². The second-order valence-electron chi connectivity index (χ2n) is 5.39. The topological polar surface area (TPSA) is 56.9 Å². The van der Waals surface area contributed by atoms with Crippen molar-refractivity contribution in [1.29, 1.82) is 0 Å². The molecular formula is C14H14BrN3O2. The van der Waals surface area contributed by atoms with E-state index in [1.807, 2.05) is 19.1 Å². The molecule has 2 aromatic heterocycles. The molecule has 20 heavy (non-hydrogen) atoms. The van der Waals surface area contributed by atoms with Crippen LogP contribution in [0.1, 0.15) is 25.3 Å². The van der Waals surface area contributed by atoms with Crippen LogP contribution in [0.4, 0.5) is 0 Å². The van der Waals surface area contributed by atoms with Crippen LogP contribution in [-0.2, 0) is 12.1 Å². The summed E-state index contributed by atoms with van der Waals surface area (Å²) in [7, 11) is 0. The van der Waals surface area contributed by atoms with Crippen LogP contribution < -0.4 is 11.1 Å². The molecule has 0 aliphatic heterocycles. The monoisotopic (exact) mass is 335 g/mol. The van der Waals surface area contributed by atoms with Crippen molar-refractivity contribution in [3.05, 3.63) is 61.6 Å². The van der Waals surface area contributed by atoms with Gasteiger partial charge in [-0.2, -0.15) is 0 Å². The zero-order chi connectivity index (χ0) is 14.3. The molecule has 104 valence electrons. The van der Waals surface area contributed by atoms with Gasteiger partial charge in [0.05, 0.1) is 6.54 Å². The molecule has 5 nitrogen and oxygen atoms in total. The standard InChI is InChI=1S/C14H14BrN3O2/c1-14(4-5-14)18-7-6-17(12(19)13(18)20)9-10-2-3-11(15)16-8-10/h2-3,6-8H,4-5,9H2,1H3. The van der Waals surface area contributed by atoms with Gasteiger partial charge >= 0.3 is 11.1 Å². The molecule has 0 N–H and O–H groups in total.